The number of nitrogens with two attached hydrogens (primary N) is 2. The summed E-state index contributed by atoms with van der Waals surface area (Å²) in [5.41, 5.74) is 12.2. The lowest BCUT2D eigenvalue weighted by atomic mass is 10.1. The normalized spacial score (nSPS) is 14.1. The number of benzene rings is 2. The van der Waals surface area contributed by atoms with E-state index in [1.807, 2.05) is 30.3 Å². The zero-order chi connectivity index (χ0) is 19.4. The van der Waals surface area contributed by atoms with Gasteiger partial charge in [0.2, 0.25) is 0 Å². The van der Waals surface area contributed by atoms with E-state index in [2.05, 4.69) is 0 Å². The Hall–Kier alpha value is -3.29. The van der Waals surface area contributed by atoms with E-state index in [0.717, 1.165) is 11.6 Å². The van der Waals surface area contributed by atoms with Gasteiger partial charge in [-0.1, -0.05) is 30.3 Å². The van der Waals surface area contributed by atoms with Gasteiger partial charge in [0, 0.05) is 31.9 Å². The monoisotopic (exact) mass is 372 g/mol. The van der Waals surface area contributed by atoms with Crippen LogP contribution < -0.4 is 16.4 Å². The molecule has 142 valence electrons. The van der Waals surface area contributed by atoms with Gasteiger partial charge in [-0.3, -0.25) is 4.79 Å². The molecule has 0 atom stereocenters. The molecule has 27 heavy (non-hydrogen) atoms. The quantitative estimate of drug-likeness (QED) is 0.799. The van der Waals surface area contributed by atoms with Crippen molar-refractivity contribution in [2.45, 2.75) is 6.61 Å². The fraction of sp³-hybridized carbons (Fsp3) is 0.263. The number of carbonyl (C=O) groups is 2. The number of amides is 2. The third kappa shape index (κ3) is 4.28. The minimum absolute atomic E-state index is 0.00637. The highest BCUT2D eigenvalue weighted by Gasteiger charge is 2.25. The lowest BCUT2D eigenvalue weighted by Gasteiger charge is -2.35. The molecular formula is C19H21FN4O3. The predicted octanol–water partition coefficient (Wildman–Crippen LogP) is 1.97. The maximum atomic E-state index is 14.3. The van der Waals surface area contributed by atoms with Gasteiger partial charge in [-0.25, -0.2) is 9.18 Å². The van der Waals surface area contributed by atoms with Gasteiger partial charge in [0.05, 0.1) is 11.3 Å². The van der Waals surface area contributed by atoms with Crippen LogP contribution >= 0.6 is 0 Å². The molecule has 3 rings (SSSR count). The minimum atomic E-state index is -0.711. The van der Waals surface area contributed by atoms with Crippen LogP contribution in [0.4, 0.5) is 20.6 Å². The zero-order valence-electron chi connectivity index (χ0n) is 14.7. The largest absolute Gasteiger partial charge is 0.445 e. The number of hydrogen-bond donors (Lipinski definition) is 2. The van der Waals surface area contributed by atoms with Gasteiger partial charge in [0.25, 0.3) is 5.91 Å². The summed E-state index contributed by atoms with van der Waals surface area (Å²) in [5.74, 6) is -1.24. The van der Waals surface area contributed by atoms with Crippen molar-refractivity contribution in [2.24, 2.45) is 5.73 Å². The van der Waals surface area contributed by atoms with E-state index in [1.165, 1.54) is 6.07 Å². The van der Waals surface area contributed by atoms with Crippen molar-refractivity contribution >= 4 is 23.4 Å². The molecule has 0 aliphatic carbocycles. The van der Waals surface area contributed by atoms with Crippen molar-refractivity contribution in [3.63, 3.8) is 0 Å². The van der Waals surface area contributed by atoms with Crippen molar-refractivity contribution in [1.82, 2.24) is 4.90 Å². The number of carbonyl (C=O) groups excluding carboxylic acids is 2. The molecule has 1 fully saturated rings. The molecule has 4 N–H and O–H groups in total. The Labute approximate surface area is 156 Å². The summed E-state index contributed by atoms with van der Waals surface area (Å²) in [6, 6.07) is 11.9. The molecule has 2 aromatic rings. The molecule has 0 bridgehead atoms. The summed E-state index contributed by atoms with van der Waals surface area (Å²) in [4.78, 5) is 27.0. The van der Waals surface area contributed by atoms with Crippen molar-refractivity contribution < 1.29 is 18.7 Å². The average Bonchev–Trinajstić information content (AvgIpc) is 2.67. The van der Waals surface area contributed by atoms with Crippen LogP contribution in [0.1, 0.15) is 15.9 Å². The third-order valence-corrected chi connectivity index (χ3v) is 4.47. The Kier molecular flexibility index (Phi) is 5.44. The first-order valence-corrected chi connectivity index (χ1v) is 8.55. The molecule has 1 heterocycles. The molecule has 7 nitrogen and oxygen atoms in total. The van der Waals surface area contributed by atoms with Crippen LogP contribution in [0.15, 0.2) is 42.5 Å². The topological polar surface area (TPSA) is 102 Å². The highest BCUT2D eigenvalue weighted by Crippen LogP contribution is 2.26. The van der Waals surface area contributed by atoms with Crippen molar-refractivity contribution in [1.29, 1.82) is 0 Å². The maximum Gasteiger partial charge on any atom is 0.410 e. The van der Waals surface area contributed by atoms with E-state index in [4.69, 9.17) is 16.2 Å². The fourth-order valence-corrected chi connectivity index (χ4v) is 2.97. The summed E-state index contributed by atoms with van der Waals surface area (Å²) in [7, 11) is 0. The summed E-state index contributed by atoms with van der Waals surface area (Å²) in [6.45, 7) is 1.76. The smallest absolute Gasteiger partial charge is 0.410 e. The molecule has 1 saturated heterocycles. The van der Waals surface area contributed by atoms with Crippen LogP contribution in [0, 0.1) is 5.82 Å². The minimum Gasteiger partial charge on any atom is -0.445 e. The highest BCUT2D eigenvalue weighted by molar-refractivity contribution is 5.99. The van der Waals surface area contributed by atoms with Crippen LogP contribution in [0.5, 0.6) is 0 Å². The maximum absolute atomic E-state index is 14.3. The van der Waals surface area contributed by atoms with Gasteiger partial charge in [-0.2, -0.15) is 0 Å². The molecule has 0 unspecified atom stereocenters. The molecule has 0 aromatic heterocycles. The Morgan fingerprint density at radius 1 is 1.07 bits per heavy atom. The number of nitrogen functional groups attached to an aromatic ring is 1. The third-order valence-electron chi connectivity index (χ3n) is 4.47. The Morgan fingerprint density at radius 2 is 1.74 bits per heavy atom. The molecule has 8 heteroatoms. The van der Waals surface area contributed by atoms with Gasteiger partial charge in [-0.15, -0.1) is 0 Å². The van der Waals surface area contributed by atoms with Crippen LogP contribution in [0.25, 0.3) is 0 Å². The van der Waals surface area contributed by atoms with Gasteiger partial charge in [0.1, 0.15) is 12.4 Å². The van der Waals surface area contributed by atoms with Crippen LogP contribution in [-0.4, -0.2) is 43.1 Å². The van der Waals surface area contributed by atoms with Crippen LogP contribution in [0.3, 0.4) is 0 Å². The molecule has 0 spiro atoms. The number of rotatable bonds is 4. The van der Waals surface area contributed by atoms with Gasteiger partial charge in [0.15, 0.2) is 0 Å². The number of halogens is 1. The van der Waals surface area contributed by atoms with Crippen LogP contribution in [-0.2, 0) is 11.3 Å². The summed E-state index contributed by atoms with van der Waals surface area (Å²) < 4.78 is 19.6. The van der Waals surface area contributed by atoms with E-state index in [9.17, 15) is 14.0 Å². The standard InChI is InChI=1S/C19H21FN4O3/c20-15-11-16(21)14(18(22)25)10-17(15)23-6-8-24(9-7-23)19(26)27-12-13-4-2-1-3-5-13/h1-5,10-11H,6-9,12,21H2,(H2,22,25). The van der Waals surface area contributed by atoms with Crippen molar-refractivity contribution in [3.8, 4) is 0 Å². The summed E-state index contributed by atoms with van der Waals surface area (Å²) >= 11 is 0. The summed E-state index contributed by atoms with van der Waals surface area (Å²) in [5, 5.41) is 0. The highest BCUT2D eigenvalue weighted by atomic mass is 19.1. The summed E-state index contributed by atoms with van der Waals surface area (Å²) in [6.07, 6.45) is -0.408. The van der Waals surface area contributed by atoms with Gasteiger partial charge >= 0.3 is 6.09 Å². The van der Waals surface area contributed by atoms with Crippen molar-refractivity contribution in [2.75, 3.05) is 36.8 Å². The Balaban J connectivity index is 1.59. The SMILES string of the molecule is NC(=O)c1cc(N2CCN(C(=O)OCc3ccccc3)CC2)c(F)cc1N. The average molecular weight is 372 g/mol. The number of anilines is 2. The number of nitrogens with zero attached hydrogens (tertiary/aromatic N) is 2. The number of piperazine rings is 1. The second-order valence-corrected chi connectivity index (χ2v) is 6.27. The lowest BCUT2D eigenvalue weighted by Crippen LogP contribution is -2.49. The molecule has 1 aliphatic rings. The number of hydrogen-bond acceptors (Lipinski definition) is 5. The van der Waals surface area contributed by atoms with Gasteiger partial charge < -0.3 is 26.0 Å². The van der Waals surface area contributed by atoms with Crippen molar-refractivity contribution in [3.05, 3.63) is 59.4 Å². The molecular weight excluding hydrogens is 351 g/mol. The predicted molar refractivity (Wildman–Crippen MR) is 99.7 cm³/mol. The molecule has 2 amide bonds. The van der Waals surface area contributed by atoms with E-state index < -0.39 is 17.8 Å². The van der Waals surface area contributed by atoms with E-state index in [-0.39, 0.29) is 23.5 Å². The molecule has 1 aliphatic heterocycles. The first-order chi connectivity index (χ1) is 13.0. The molecule has 0 radical (unpaired) electrons. The molecule has 2 aromatic carbocycles. The Morgan fingerprint density at radius 3 is 2.37 bits per heavy atom. The second-order valence-electron chi connectivity index (χ2n) is 6.27. The van der Waals surface area contributed by atoms with E-state index in [0.29, 0.717) is 26.2 Å². The second kappa shape index (κ2) is 7.94. The van der Waals surface area contributed by atoms with E-state index >= 15 is 0 Å². The van der Waals surface area contributed by atoms with Gasteiger partial charge in [-0.05, 0) is 17.7 Å². The van der Waals surface area contributed by atoms with Crippen LogP contribution in [0.2, 0.25) is 0 Å². The number of ether oxygens (including phenoxy) is 1. The lowest BCUT2D eigenvalue weighted by molar-refractivity contribution is 0.0941. The first-order valence-electron chi connectivity index (χ1n) is 8.55. The first kappa shape index (κ1) is 18.5. The molecule has 0 saturated carbocycles. The fourth-order valence-electron chi connectivity index (χ4n) is 2.97. The number of primary amides is 1. The van der Waals surface area contributed by atoms with E-state index in [1.54, 1.807) is 9.80 Å². The zero-order valence-corrected chi connectivity index (χ0v) is 14.7. The Bertz CT molecular complexity index is 836.